The third-order valence-corrected chi connectivity index (χ3v) is 14.4. The molecule has 6 heteroatoms. The highest BCUT2D eigenvalue weighted by Gasteiger charge is 2.49. The molecule has 3 aliphatic rings. The standard InChI is InChI=1S/C52H40BN3OS/c1-51(2,3)29-24-25-43-35(26-29)47-50(57-43)53-36-18-13-21-39-48(36)55(38-20-11-16-33-31-14-7-9-19-37(31)54(39)46(33)38)41-27-30(52(4,5)6)28-42(45(41)53)56(47)40-22-12-17-34-32-15-8-10-23-44(32)58-49(34)40/h7-28H,1-6H3. The van der Waals surface area contributed by atoms with Gasteiger partial charge in [-0.2, -0.15) is 0 Å². The fraction of sp³-hybridized carbons (Fsp3) is 0.154. The number of furan rings is 1. The number of nitrogens with zero attached hydrogens (tertiary/aromatic N) is 3. The van der Waals surface area contributed by atoms with E-state index in [2.05, 4.69) is 189 Å². The van der Waals surface area contributed by atoms with Crippen molar-refractivity contribution in [3.63, 3.8) is 0 Å². The number of benzene rings is 7. The third kappa shape index (κ3) is 4.06. The van der Waals surface area contributed by atoms with Crippen LogP contribution in [0.5, 0.6) is 0 Å². The predicted molar refractivity (Wildman–Crippen MR) is 248 cm³/mol. The smallest absolute Gasteiger partial charge is 0.297 e. The van der Waals surface area contributed by atoms with E-state index in [1.165, 1.54) is 98.2 Å². The topological polar surface area (TPSA) is 24.6 Å². The van der Waals surface area contributed by atoms with Crippen LogP contribution in [0.4, 0.5) is 34.1 Å². The summed E-state index contributed by atoms with van der Waals surface area (Å²) in [4.78, 5) is 5.19. The first kappa shape index (κ1) is 32.8. The summed E-state index contributed by atoms with van der Waals surface area (Å²) in [6.07, 6.45) is 0. The summed E-state index contributed by atoms with van der Waals surface area (Å²) in [5, 5.41) is 6.30. The van der Waals surface area contributed by atoms with E-state index in [-0.39, 0.29) is 17.5 Å². The molecule has 13 rings (SSSR count). The molecule has 0 atom stereocenters. The van der Waals surface area contributed by atoms with Crippen molar-refractivity contribution in [2.75, 3.05) is 9.80 Å². The number of fused-ring (bicyclic) bond motifs is 14. The maximum Gasteiger partial charge on any atom is 0.297 e. The Hall–Kier alpha value is -6.24. The van der Waals surface area contributed by atoms with Crippen LogP contribution in [0.1, 0.15) is 52.7 Å². The van der Waals surface area contributed by atoms with Crippen LogP contribution in [-0.2, 0) is 10.8 Å². The zero-order valence-electron chi connectivity index (χ0n) is 33.4. The van der Waals surface area contributed by atoms with Crippen molar-refractivity contribution in [3.05, 3.63) is 145 Å². The zero-order valence-corrected chi connectivity index (χ0v) is 34.3. The van der Waals surface area contributed by atoms with Gasteiger partial charge in [-0.25, -0.2) is 0 Å². The number of thiophene rings is 1. The monoisotopic (exact) mass is 765 g/mol. The Kier molecular flexibility index (Phi) is 6.12. The van der Waals surface area contributed by atoms with E-state index >= 15 is 0 Å². The first-order valence-electron chi connectivity index (χ1n) is 20.5. The third-order valence-electron chi connectivity index (χ3n) is 13.2. The minimum Gasteiger partial charge on any atom is -0.468 e. The van der Waals surface area contributed by atoms with Crippen LogP contribution in [0.3, 0.4) is 0 Å². The lowest BCUT2D eigenvalue weighted by molar-refractivity contribution is 0.590. The Morgan fingerprint density at radius 1 is 0.517 bits per heavy atom. The molecule has 0 fully saturated rings. The van der Waals surface area contributed by atoms with Gasteiger partial charge in [-0.3, -0.25) is 0 Å². The molecule has 6 heterocycles. The number of anilines is 6. The molecule has 0 bridgehead atoms. The maximum absolute atomic E-state index is 7.33. The predicted octanol–water partition coefficient (Wildman–Crippen LogP) is 12.9. The Balaban J connectivity index is 1.22. The number of hydrogen-bond donors (Lipinski definition) is 0. The molecule has 7 aromatic carbocycles. The van der Waals surface area contributed by atoms with Crippen molar-refractivity contribution in [1.29, 1.82) is 0 Å². The Bertz CT molecular complexity index is 3460. The molecule has 3 aromatic heterocycles. The van der Waals surface area contributed by atoms with Gasteiger partial charge in [0.2, 0.25) is 0 Å². The van der Waals surface area contributed by atoms with E-state index in [1.807, 2.05) is 11.3 Å². The Morgan fingerprint density at radius 2 is 1.17 bits per heavy atom. The summed E-state index contributed by atoms with van der Waals surface area (Å²) in [7, 11) is 0. The SMILES string of the molecule is CC(C)(C)c1cc2c3c(c1)N1c4c(cccc4-n4c5ccccc5c5cccc1c54)B3c1oc3ccc(C(C)(C)C)cc3c1N2c1cccc2c1sc1ccccc12. The molecule has 0 spiro atoms. The summed E-state index contributed by atoms with van der Waals surface area (Å²) >= 11 is 1.89. The van der Waals surface area contributed by atoms with Crippen LogP contribution < -0.4 is 26.4 Å². The molecule has 10 aromatic rings. The molecule has 0 unspecified atom stereocenters. The van der Waals surface area contributed by atoms with Gasteiger partial charge < -0.3 is 18.8 Å². The highest BCUT2D eigenvalue weighted by molar-refractivity contribution is 7.26. The molecular formula is C52H40BN3OS. The summed E-state index contributed by atoms with van der Waals surface area (Å²) < 4.78 is 12.4. The van der Waals surface area contributed by atoms with Gasteiger partial charge >= 0.3 is 0 Å². The maximum atomic E-state index is 7.33. The summed E-state index contributed by atoms with van der Waals surface area (Å²) in [6, 6.07) is 50.3. The molecule has 0 radical (unpaired) electrons. The van der Waals surface area contributed by atoms with Gasteiger partial charge in [0.15, 0.2) is 0 Å². The molecule has 0 saturated heterocycles. The summed E-state index contributed by atoms with van der Waals surface area (Å²) in [5.41, 5.74) is 17.9. The highest BCUT2D eigenvalue weighted by atomic mass is 32.1. The van der Waals surface area contributed by atoms with Crippen LogP contribution in [0.15, 0.2) is 138 Å². The van der Waals surface area contributed by atoms with Crippen molar-refractivity contribution in [1.82, 2.24) is 4.57 Å². The number of rotatable bonds is 1. The largest absolute Gasteiger partial charge is 0.468 e. The van der Waals surface area contributed by atoms with Gasteiger partial charge in [-0.1, -0.05) is 120 Å². The van der Waals surface area contributed by atoms with Crippen LogP contribution in [0.2, 0.25) is 0 Å². The number of para-hydroxylation sites is 3. The molecule has 4 nitrogen and oxygen atoms in total. The van der Waals surface area contributed by atoms with Gasteiger partial charge in [-0.15, -0.1) is 11.3 Å². The number of hydrogen-bond acceptors (Lipinski definition) is 4. The van der Waals surface area contributed by atoms with Crippen LogP contribution in [-0.4, -0.2) is 11.3 Å². The minimum atomic E-state index is -0.120. The molecule has 0 amide bonds. The first-order valence-corrected chi connectivity index (χ1v) is 21.3. The van der Waals surface area contributed by atoms with E-state index in [9.17, 15) is 0 Å². The van der Waals surface area contributed by atoms with E-state index < -0.39 is 0 Å². The lowest BCUT2D eigenvalue weighted by Gasteiger charge is -2.45. The lowest BCUT2D eigenvalue weighted by atomic mass is 9.35. The highest BCUT2D eigenvalue weighted by Crippen LogP contribution is 2.55. The van der Waals surface area contributed by atoms with Gasteiger partial charge in [0.1, 0.15) is 5.58 Å². The molecule has 0 saturated carbocycles. The quantitative estimate of drug-likeness (QED) is 0.156. The first-order chi connectivity index (χ1) is 28.1. The second-order valence-electron chi connectivity index (χ2n) is 18.6. The average molecular weight is 766 g/mol. The van der Waals surface area contributed by atoms with Gasteiger partial charge in [0.05, 0.1) is 49.8 Å². The Labute approximate surface area is 341 Å². The molecule has 278 valence electrons. The normalized spacial score (nSPS) is 14.3. The van der Waals surface area contributed by atoms with Gasteiger partial charge in [0, 0.05) is 43.0 Å². The summed E-state index contributed by atoms with van der Waals surface area (Å²) in [6.45, 7) is 13.8. The van der Waals surface area contributed by atoms with Crippen molar-refractivity contribution in [2.45, 2.75) is 52.4 Å². The molecule has 0 aliphatic carbocycles. The summed E-state index contributed by atoms with van der Waals surface area (Å²) in [5.74, 6) is 0. The molecular weight excluding hydrogens is 725 g/mol. The van der Waals surface area contributed by atoms with Crippen LogP contribution in [0, 0.1) is 0 Å². The van der Waals surface area contributed by atoms with Gasteiger partial charge in [0.25, 0.3) is 6.71 Å². The van der Waals surface area contributed by atoms with Crippen molar-refractivity contribution in [2.24, 2.45) is 0 Å². The molecule has 0 N–H and O–H groups in total. The Morgan fingerprint density at radius 3 is 1.97 bits per heavy atom. The van der Waals surface area contributed by atoms with E-state index in [1.54, 1.807) is 0 Å². The lowest BCUT2D eigenvalue weighted by Crippen LogP contribution is -2.61. The van der Waals surface area contributed by atoms with Crippen LogP contribution in [0.25, 0.3) is 58.6 Å². The second kappa shape index (κ2) is 10.8. The zero-order chi connectivity index (χ0) is 39.0. The average Bonchev–Trinajstić information content (AvgIpc) is 3.90. The van der Waals surface area contributed by atoms with E-state index in [0.717, 1.165) is 22.3 Å². The van der Waals surface area contributed by atoms with Crippen LogP contribution >= 0.6 is 11.3 Å². The fourth-order valence-corrected chi connectivity index (χ4v) is 11.6. The van der Waals surface area contributed by atoms with Crippen molar-refractivity contribution >= 4 is 122 Å². The van der Waals surface area contributed by atoms with E-state index in [0.29, 0.717) is 0 Å². The number of aromatic nitrogens is 1. The van der Waals surface area contributed by atoms with E-state index in [4.69, 9.17) is 4.42 Å². The van der Waals surface area contributed by atoms with Crippen molar-refractivity contribution in [3.8, 4) is 5.69 Å². The van der Waals surface area contributed by atoms with Gasteiger partial charge in [-0.05, 0) is 87.5 Å². The fourth-order valence-electron chi connectivity index (χ4n) is 10.4. The van der Waals surface area contributed by atoms with Crippen molar-refractivity contribution < 1.29 is 4.42 Å². The minimum absolute atomic E-state index is 0.0318. The molecule has 58 heavy (non-hydrogen) atoms. The second-order valence-corrected chi connectivity index (χ2v) is 19.6. The molecule has 3 aliphatic heterocycles.